The minimum Gasteiger partial charge on any atom is -0.495 e. The van der Waals surface area contributed by atoms with E-state index in [0.29, 0.717) is 18.2 Å². The molecule has 1 aromatic heterocycles. The van der Waals surface area contributed by atoms with Crippen molar-refractivity contribution < 1.29 is 22.7 Å². The van der Waals surface area contributed by atoms with Crippen LogP contribution in [0.25, 0.3) is 0 Å². The Kier molecular flexibility index (Phi) is 8.48. The van der Waals surface area contributed by atoms with E-state index in [9.17, 15) is 13.2 Å². The highest BCUT2D eigenvalue weighted by molar-refractivity contribution is 7.92. The molecular weight excluding hydrogens is 454 g/mol. The first-order valence-electron chi connectivity index (χ1n) is 11.0. The summed E-state index contributed by atoms with van der Waals surface area (Å²) < 4.78 is 39.6. The lowest BCUT2D eigenvalue weighted by Gasteiger charge is -2.14. The fourth-order valence-corrected chi connectivity index (χ4v) is 4.39. The SMILES string of the molecule is CCCCOc1ncccc1CNC(=O)c1ccc(OC)c(S(=O)(=O)Nc2ccc(C)cc2)c1. The van der Waals surface area contributed by atoms with Gasteiger partial charge in [0.1, 0.15) is 10.6 Å². The number of unbranched alkanes of at least 4 members (excludes halogenated alkanes) is 1. The summed E-state index contributed by atoms with van der Waals surface area (Å²) in [6.07, 6.45) is 3.54. The van der Waals surface area contributed by atoms with Crippen LogP contribution >= 0.6 is 0 Å². The predicted molar refractivity (Wildman–Crippen MR) is 131 cm³/mol. The Hall–Kier alpha value is -3.59. The molecule has 0 spiro atoms. The number of benzene rings is 2. The molecule has 9 heteroatoms. The van der Waals surface area contributed by atoms with E-state index in [-0.39, 0.29) is 22.8 Å². The minimum atomic E-state index is -4.00. The molecule has 180 valence electrons. The maximum Gasteiger partial charge on any atom is 0.265 e. The van der Waals surface area contributed by atoms with Crippen molar-refractivity contribution in [1.29, 1.82) is 0 Å². The number of aryl methyl sites for hydroxylation is 1. The zero-order valence-electron chi connectivity index (χ0n) is 19.5. The number of carbonyl (C=O) groups excluding carboxylic acids is 1. The van der Waals surface area contributed by atoms with Crippen LogP contribution in [0.2, 0.25) is 0 Å². The molecular formula is C25H29N3O5S. The molecule has 0 fully saturated rings. The van der Waals surface area contributed by atoms with Gasteiger partial charge < -0.3 is 14.8 Å². The monoisotopic (exact) mass is 483 g/mol. The van der Waals surface area contributed by atoms with Crippen molar-refractivity contribution in [2.24, 2.45) is 0 Å². The summed E-state index contributed by atoms with van der Waals surface area (Å²) in [6, 6.07) is 14.8. The molecule has 3 aromatic rings. The van der Waals surface area contributed by atoms with E-state index >= 15 is 0 Å². The average Bonchev–Trinajstić information content (AvgIpc) is 2.84. The third-order valence-electron chi connectivity index (χ3n) is 5.05. The van der Waals surface area contributed by atoms with Gasteiger partial charge in [-0.1, -0.05) is 37.1 Å². The van der Waals surface area contributed by atoms with Gasteiger partial charge >= 0.3 is 0 Å². The molecule has 0 radical (unpaired) electrons. The van der Waals surface area contributed by atoms with Crippen LogP contribution in [0.1, 0.15) is 41.3 Å². The average molecular weight is 484 g/mol. The molecule has 0 saturated carbocycles. The maximum absolute atomic E-state index is 13.0. The number of ether oxygens (including phenoxy) is 2. The topological polar surface area (TPSA) is 107 Å². The Morgan fingerprint density at radius 1 is 1.09 bits per heavy atom. The number of hydrogen-bond acceptors (Lipinski definition) is 6. The highest BCUT2D eigenvalue weighted by Gasteiger charge is 2.22. The number of pyridine rings is 1. The number of methoxy groups -OCH3 is 1. The van der Waals surface area contributed by atoms with E-state index in [1.807, 2.05) is 13.0 Å². The number of hydrogen-bond donors (Lipinski definition) is 2. The molecule has 8 nitrogen and oxygen atoms in total. The first-order valence-corrected chi connectivity index (χ1v) is 12.4. The summed E-state index contributed by atoms with van der Waals surface area (Å²) in [5.41, 5.74) is 2.33. The number of aromatic nitrogens is 1. The second kappa shape index (κ2) is 11.5. The third-order valence-corrected chi connectivity index (χ3v) is 6.45. The van der Waals surface area contributed by atoms with Crippen LogP contribution in [0.5, 0.6) is 11.6 Å². The van der Waals surface area contributed by atoms with Crippen LogP contribution in [0.4, 0.5) is 5.69 Å². The maximum atomic E-state index is 13.0. The quantitative estimate of drug-likeness (QED) is 0.394. The number of rotatable bonds is 11. The molecule has 0 aliphatic carbocycles. The number of anilines is 1. The lowest BCUT2D eigenvalue weighted by molar-refractivity contribution is 0.0950. The van der Waals surface area contributed by atoms with E-state index in [1.165, 1.54) is 25.3 Å². The van der Waals surface area contributed by atoms with Crippen molar-refractivity contribution in [3.8, 4) is 11.6 Å². The van der Waals surface area contributed by atoms with Crippen LogP contribution in [0.15, 0.2) is 65.7 Å². The molecule has 0 aliphatic heterocycles. The van der Waals surface area contributed by atoms with E-state index in [4.69, 9.17) is 9.47 Å². The summed E-state index contributed by atoms with van der Waals surface area (Å²) in [6.45, 7) is 4.71. The molecule has 1 amide bonds. The second-order valence-electron chi connectivity index (χ2n) is 7.69. The fraction of sp³-hybridized carbons (Fsp3) is 0.280. The first-order chi connectivity index (χ1) is 16.3. The van der Waals surface area contributed by atoms with Gasteiger partial charge in [-0.05, 0) is 49.7 Å². The second-order valence-corrected chi connectivity index (χ2v) is 9.34. The molecule has 34 heavy (non-hydrogen) atoms. The van der Waals surface area contributed by atoms with Gasteiger partial charge in [-0.3, -0.25) is 9.52 Å². The number of sulfonamides is 1. The molecule has 3 rings (SSSR count). The van der Waals surface area contributed by atoms with Crippen molar-refractivity contribution in [3.05, 3.63) is 77.5 Å². The van der Waals surface area contributed by atoms with Crippen LogP contribution in [-0.4, -0.2) is 33.0 Å². The normalized spacial score (nSPS) is 11.0. The van der Waals surface area contributed by atoms with Gasteiger partial charge in [-0.25, -0.2) is 13.4 Å². The summed E-state index contributed by atoms with van der Waals surface area (Å²) in [5.74, 6) is 0.171. The fourth-order valence-electron chi connectivity index (χ4n) is 3.14. The summed E-state index contributed by atoms with van der Waals surface area (Å²) in [4.78, 5) is 16.9. The summed E-state index contributed by atoms with van der Waals surface area (Å²) >= 11 is 0. The van der Waals surface area contributed by atoms with Crippen LogP contribution < -0.4 is 19.5 Å². The first kappa shape index (κ1) is 25.0. The number of nitrogens with zero attached hydrogens (tertiary/aromatic N) is 1. The van der Waals surface area contributed by atoms with E-state index in [1.54, 1.807) is 36.5 Å². The molecule has 0 atom stereocenters. The van der Waals surface area contributed by atoms with Crippen molar-refractivity contribution in [2.75, 3.05) is 18.4 Å². The van der Waals surface area contributed by atoms with Gasteiger partial charge in [-0.15, -0.1) is 0 Å². The zero-order valence-corrected chi connectivity index (χ0v) is 20.3. The van der Waals surface area contributed by atoms with Gasteiger partial charge in [0.15, 0.2) is 0 Å². The van der Waals surface area contributed by atoms with Gasteiger partial charge in [0, 0.05) is 29.6 Å². The standard InChI is InChI=1S/C25H29N3O5S/c1-4-5-15-33-25-20(7-6-14-26-25)17-27-24(29)19-10-13-22(32-3)23(16-19)34(30,31)28-21-11-8-18(2)9-12-21/h6-14,16,28H,4-5,15,17H2,1-3H3,(H,27,29). The summed E-state index contributed by atoms with van der Waals surface area (Å²) in [7, 11) is -2.62. The highest BCUT2D eigenvalue weighted by atomic mass is 32.2. The van der Waals surface area contributed by atoms with Gasteiger partial charge in [0.25, 0.3) is 15.9 Å². The third kappa shape index (κ3) is 6.48. The van der Waals surface area contributed by atoms with Crippen LogP contribution in [-0.2, 0) is 16.6 Å². The summed E-state index contributed by atoms with van der Waals surface area (Å²) in [5, 5.41) is 2.80. The van der Waals surface area contributed by atoms with Crippen molar-refractivity contribution >= 4 is 21.6 Å². The smallest absolute Gasteiger partial charge is 0.265 e. The number of carbonyl (C=O) groups is 1. The van der Waals surface area contributed by atoms with Crippen molar-refractivity contribution in [2.45, 2.75) is 38.1 Å². The molecule has 0 aliphatic rings. The molecule has 2 N–H and O–H groups in total. The minimum absolute atomic E-state index is 0.131. The van der Waals surface area contributed by atoms with Crippen molar-refractivity contribution in [1.82, 2.24) is 10.3 Å². The van der Waals surface area contributed by atoms with Crippen LogP contribution in [0, 0.1) is 6.92 Å². The molecule has 0 saturated heterocycles. The van der Waals surface area contributed by atoms with Gasteiger partial charge in [0.2, 0.25) is 5.88 Å². The Morgan fingerprint density at radius 2 is 1.85 bits per heavy atom. The van der Waals surface area contributed by atoms with Crippen LogP contribution in [0.3, 0.4) is 0 Å². The Morgan fingerprint density at radius 3 is 2.56 bits per heavy atom. The molecule has 0 bridgehead atoms. The number of nitrogens with one attached hydrogen (secondary N) is 2. The molecule has 1 heterocycles. The lowest BCUT2D eigenvalue weighted by Crippen LogP contribution is -2.24. The van der Waals surface area contributed by atoms with E-state index in [2.05, 4.69) is 21.9 Å². The van der Waals surface area contributed by atoms with E-state index in [0.717, 1.165) is 24.0 Å². The molecule has 0 unspecified atom stereocenters. The van der Waals surface area contributed by atoms with E-state index < -0.39 is 15.9 Å². The highest BCUT2D eigenvalue weighted by Crippen LogP contribution is 2.27. The zero-order chi connectivity index (χ0) is 24.6. The molecule has 2 aromatic carbocycles. The van der Waals surface area contributed by atoms with Gasteiger partial charge in [-0.2, -0.15) is 0 Å². The van der Waals surface area contributed by atoms with Gasteiger partial charge in [0.05, 0.1) is 13.7 Å². The Balaban J connectivity index is 1.77. The largest absolute Gasteiger partial charge is 0.495 e. The Bertz CT molecular complexity index is 1230. The number of amides is 1. The Labute approximate surface area is 200 Å². The van der Waals surface area contributed by atoms with Crippen molar-refractivity contribution in [3.63, 3.8) is 0 Å². The predicted octanol–water partition coefficient (Wildman–Crippen LogP) is 4.31. The lowest BCUT2D eigenvalue weighted by atomic mass is 10.2.